The average molecular weight is 486 g/mol. The van der Waals surface area contributed by atoms with Gasteiger partial charge >= 0.3 is 0 Å². The highest BCUT2D eigenvalue weighted by molar-refractivity contribution is 7.22. The van der Waals surface area contributed by atoms with Gasteiger partial charge in [0, 0.05) is 15.6 Å². The maximum absolute atomic E-state index is 10.9. The summed E-state index contributed by atoms with van der Waals surface area (Å²) in [7, 11) is 0. The molecule has 0 aliphatic rings. The molecule has 0 amide bonds. The van der Waals surface area contributed by atoms with Crippen LogP contribution < -0.4 is 5.32 Å². The highest BCUT2D eigenvalue weighted by atomic mass is 35.5. The zero-order valence-electron chi connectivity index (χ0n) is 15.9. The summed E-state index contributed by atoms with van der Waals surface area (Å²) in [6, 6.07) is 22.1. The molecule has 1 aromatic heterocycles. The van der Waals surface area contributed by atoms with Gasteiger partial charge in [-0.1, -0.05) is 88.6 Å². The monoisotopic (exact) mass is 484 g/mol. The Morgan fingerprint density at radius 2 is 1.71 bits per heavy atom. The molecule has 5 aromatic rings. The summed E-state index contributed by atoms with van der Waals surface area (Å²) in [5, 5.41) is 18.6. The number of aromatic hydroxyl groups is 1. The second kappa shape index (κ2) is 8.21. The first-order valence-electron chi connectivity index (χ1n) is 9.48. The lowest BCUT2D eigenvalue weighted by atomic mass is 9.93. The lowest BCUT2D eigenvalue weighted by Crippen LogP contribution is -2.13. The predicted molar refractivity (Wildman–Crippen MR) is 132 cm³/mol. The number of nitrogens with zero attached hydrogens (tertiary/aromatic N) is 1. The number of hydrogen-bond donors (Lipinski definition) is 2. The lowest BCUT2D eigenvalue weighted by molar-refractivity contribution is 0.468. The maximum Gasteiger partial charge on any atom is 0.184 e. The number of nitrogens with one attached hydrogen (secondary N) is 1. The van der Waals surface area contributed by atoms with Crippen LogP contribution in [0.1, 0.15) is 17.2 Å². The number of benzene rings is 4. The summed E-state index contributed by atoms with van der Waals surface area (Å²) in [5.41, 5.74) is 2.23. The molecule has 5 rings (SSSR count). The Hall–Kier alpha value is -2.50. The van der Waals surface area contributed by atoms with E-state index in [1.54, 1.807) is 18.2 Å². The van der Waals surface area contributed by atoms with E-state index in [2.05, 4.69) is 10.3 Å². The largest absolute Gasteiger partial charge is 0.508 e. The van der Waals surface area contributed by atoms with Crippen molar-refractivity contribution in [2.45, 2.75) is 6.04 Å². The zero-order valence-corrected chi connectivity index (χ0v) is 19.0. The molecule has 0 aliphatic carbocycles. The molecule has 0 saturated heterocycles. The number of thiazole rings is 1. The van der Waals surface area contributed by atoms with Crippen molar-refractivity contribution in [2.75, 3.05) is 5.32 Å². The number of halogens is 3. The minimum absolute atomic E-state index is 0.168. The molecule has 3 nitrogen and oxygen atoms in total. The molecular weight excluding hydrogens is 471 g/mol. The number of phenolic OH excluding ortho intramolecular Hbond substituents is 1. The number of rotatable bonds is 4. The van der Waals surface area contributed by atoms with E-state index in [1.807, 2.05) is 54.6 Å². The summed E-state index contributed by atoms with van der Waals surface area (Å²) in [6.45, 7) is 0. The fraction of sp³-hybridized carbons (Fsp3) is 0.0417. The molecule has 0 aliphatic heterocycles. The molecule has 31 heavy (non-hydrogen) atoms. The van der Waals surface area contributed by atoms with Gasteiger partial charge in [0.05, 0.1) is 15.8 Å². The van der Waals surface area contributed by atoms with Crippen LogP contribution in [0.15, 0.2) is 72.8 Å². The molecule has 1 unspecified atom stereocenters. The van der Waals surface area contributed by atoms with Gasteiger partial charge in [-0.05, 0) is 46.7 Å². The Kier molecular flexibility index (Phi) is 5.40. The van der Waals surface area contributed by atoms with Gasteiger partial charge in [-0.3, -0.25) is 0 Å². The van der Waals surface area contributed by atoms with Gasteiger partial charge in [-0.15, -0.1) is 0 Å². The van der Waals surface area contributed by atoms with Gasteiger partial charge < -0.3 is 10.4 Å². The number of anilines is 1. The molecule has 4 aromatic carbocycles. The topological polar surface area (TPSA) is 45.1 Å². The Balaban J connectivity index is 1.72. The number of fused-ring (bicyclic) bond motifs is 2. The molecule has 0 bridgehead atoms. The fourth-order valence-corrected chi connectivity index (χ4v) is 5.44. The third-order valence-corrected chi connectivity index (χ3v) is 6.97. The van der Waals surface area contributed by atoms with Crippen molar-refractivity contribution in [1.82, 2.24) is 4.98 Å². The number of phenols is 1. The third-order valence-electron chi connectivity index (χ3n) is 5.15. The Labute approximate surface area is 197 Å². The van der Waals surface area contributed by atoms with Crippen LogP contribution in [0.2, 0.25) is 15.1 Å². The molecule has 154 valence electrons. The van der Waals surface area contributed by atoms with Gasteiger partial charge in [-0.25, -0.2) is 4.98 Å². The van der Waals surface area contributed by atoms with Crippen molar-refractivity contribution < 1.29 is 5.11 Å². The van der Waals surface area contributed by atoms with Crippen molar-refractivity contribution in [3.05, 3.63) is 99.0 Å². The highest BCUT2D eigenvalue weighted by Crippen LogP contribution is 2.42. The molecular formula is C24H15Cl3N2OS. The number of para-hydroxylation sites is 1. The predicted octanol–water partition coefficient (Wildman–Crippen LogP) is 8.32. The molecule has 1 heterocycles. The van der Waals surface area contributed by atoms with Gasteiger partial charge in [0.25, 0.3) is 0 Å². The first kappa shape index (κ1) is 20.4. The SMILES string of the molecule is Oc1ccc2ccccc2c1C(Nc1nc2c(Cl)cccc2s1)c1ccc(Cl)cc1Cl. The Morgan fingerprint density at radius 3 is 2.52 bits per heavy atom. The van der Waals surface area contributed by atoms with E-state index in [1.165, 1.54) is 11.3 Å². The zero-order chi connectivity index (χ0) is 21.5. The first-order valence-corrected chi connectivity index (χ1v) is 11.4. The molecule has 0 saturated carbocycles. The molecule has 7 heteroatoms. The second-order valence-electron chi connectivity index (χ2n) is 7.07. The lowest BCUT2D eigenvalue weighted by Gasteiger charge is -2.23. The van der Waals surface area contributed by atoms with Crippen molar-refractivity contribution in [1.29, 1.82) is 0 Å². The van der Waals surface area contributed by atoms with Gasteiger partial charge in [0.1, 0.15) is 11.3 Å². The van der Waals surface area contributed by atoms with Crippen molar-refractivity contribution in [3.63, 3.8) is 0 Å². The first-order chi connectivity index (χ1) is 15.0. The second-order valence-corrected chi connectivity index (χ2v) is 9.35. The summed E-state index contributed by atoms with van der Waals surface area (Å²) < 4.78 is 0.970. The fourth-order valence-electron chi connectivity index (χ4n) is 3.73. The molecule has 0 spiro atoms. The van der Waals surface area contributed by atoms with Crippen LogP contribution in [0, 0.1) is 0 Å². The minimum Gasteiger partial charge on any atom is -0.508 e. The highest BCUT2D eigenvalue weighted by Gasteiger charge is 2.24. The van der Waals surface area contributed by atoms with Crippen LogP contribution >= 0.6 is 46.1 Å². The van der Waals surface area contributed by atoms with Crippen molar-refractivity contribution in [2.24, 2.45) is 0 Å². The van der Waals surface area contributed by atoms with E-state index < -0.39 is 6.04 Å². The average Bonchev–Trinajstić information content (AvgIpc) is 3.17. The summed E-state index contributed by atoms with van der Waals surface area (Å²) >= 11 is 20.6. The summed E-state index contributed by atoms with van der Waals surface area (Å²) in [6.07, 6.45) is 0. The third kappa shape index (κ3) is 3.81. The van der Waals surface area contributed by atoms with Gasteiger partial charge in [0.2, 0.25) is 0 Å². The Morgan fingerprint density at radius 1 is 0.871 bits per heavy atom. The van der Waals surface area contributed by atoms with E-state index in [4.69, 9.17) is 34.8 Å². The van der Waals surface area contributed by atoms with Crippen molar-refractivity contribution >= 4 is 72.3 Å². The van der Waals surface area contributed by atoms with E-state index in [0.717, 1.165) is 26.6 Å². The maximum atomic E-state index is 10.9. The minimum atomic E-state index is -0.463. The van der Waals surface area contributed by atoms with Crippen LogP contribution in [0.4, 0.5) is 5.13 Å². The van der Waals surface area contributed by atoms with Crippen molar-refractivity contribution in [3.8, 4) is 5.75 Å². The van der Waals surface area contributed by atoms with E-state index in [9.17, 15) is 5.11 Å². The molecule has 2 N–H and O–H groups in total. The van der Waals surface area contributed by atoms with Crippen LogP contribution in [0.5, 0.6) is 5.75 Å². The smallest absolute Gasteiger partial charge is 0.184 e. The standard InChI is InChI=1S/C24H15Cl3N2OS/c25-14-9-10-16(18(27)12-14)22(21-15-5-2-1-4-13(15)8-11-19(21)30)28-24-29-23-17(26)6-3-7-20(23)31-24/h1-12,22,30H,(H,28,29). The van der Waals surface area contributed by atoms with Gasteiger partial charge in [-0.2, -0.15) is 0 Å². The molecule has 0 radical (unpaired) electrons. The number of hydrogen-bond acceptors (Lipinski definition) is 4. The summed E-state index contributed by atoms with van der Waals surface area (Å²) in [5.74, 6) is 0.168. The quantitative estimate of drug-likeness (QED) is 0.269. The van der Waals surface area contributed by atoms with Gasteiger partial charge in [0.15, 0.2) is 5.13 Å². The van der Waals surface area contributed by atoms with E-state index in [0.29, 0.717) is 25.8 Å². The van der Waals surface area contributed by atoms with Crippen LogP contribution in [0.25, 0.3) is 21.0 Å². The van der Waals surface area contributed by atoms with Crippen LogP contribution in [-0.2, 0) is 0 Å². The molecule has 1 atom stereocenters. The van der Waals surface area contributed by atoms with Crippen LogP contribution in [0.3, 0.4) is 0 Å². The normalized spacial score (nSPS) is 12.4. The van der Waals surface area contributed by atoms with E-state index >= 15 is 0 Å². The Bertz CT molecular complexity index is 1430. The molecule has 0 fully saturated rings. The van der Waals surface area contributed by atoms with E-state index in [-0.39, 0.29) is 5.75 Å². The van der Waals surface area contributed by atoms with Crippen LogP contribution in [-0.4, -0.2) is 10.1 Å². The summed E-state index contributed by atoms with van der Waals surface area (Å²) in [4.78, 5) is 4.68. The number of aromatic nitrogens is 1.